The molecule has 0 aliphatic carbocycles. The number of carbonyl (C=O) groups excluding carboxylic acids is 2. The first kappa shape index (κ1) is 23.9. The fourth-order valence-corrected chi connectivity index (χ4v) is 3.28. The van der Waals surface area contributed by atoms with Crippen molar-refractivity contribution in [3.05, 3.63) is 64.2 Å². The molecule has 0 bridgehead atoms. The van der Waals surface area contributed by atoms with E-state index < -0.39 is 72.0 Å². The molecular weight excluding hydrogens is 466 g/mol. The normalized spacial score (nSPS) is 18.4. The van der Waals surface area contributed by atoms with Crippen LogP contribution in [0.4, 0.5) is 32.0 Å². The molecule has 1 unspecified atom stereocenters. The van der Waals surface area contributed by atoms with E-state index in [1.807, 2.05) is 0 Å². The summed E-state index contributed by atoms with van der Waals surface area (Å²) in [6.45, 7) is -2.05. The molecule has 0 radical (unpaired) electrons. The highest BCUT2D eigenvalue weighted by atomic mass is 35.5. The van der Waals surface area contributed by atoms with Crippen molar-refractivity contribution in [3.8, 4) is 0 Å². The zero-order valence-corrected chi connectivity index (χ0v) is 16.8. The van der Waals surface area contributed by atoms with Crippen LogP contribution in [0.15, 0.2) is 36.4 Å². The Kier molecular flexibility index (Phi) is 6.43. The maximum absolute atomic E-state index is 14.8. The number of rotatable bonds is 4. The highest BCUT2D eigenvalue weighted by Gasteiger charge is 2.52. The predicted octanol–water partition coefficient (Wildman–Crippen LogP) is 4.19. The Labute approximate surface area is 182 Å². The quantitative estimate of drug-likeness (QED) is 0.645. The molecule has 1 aliphatic heterocycles. The van der Waals surface area contributed by atoms with E-state index in [2.05, 4.69) is 5.32 Å². The average Bonchev–Trinajstić information content (AvgIpc) is 2.72. The molecule has 2 aromatic rings. The Morgan fingerprint density at radius 1 is 1.12 bits per heavy atom. The lowest BCUT2D eigenvalue weighted by atomic mass is 9.99. The standard InChI is InChI=1S/C20H15ClF6N2O3/c21-13-8-11(2-4-15(13)23)28-17(31)10-1-3-14(22)12(7-10)20(26,27)18(32)29-6-5-16(30)19(24,25)9-29/h1-4,7-8,16,30H,5-6,9H2,(H,28,31). The smallest absolute Gasteiger partial charge is 0.352 e. The van der Waals surface area contributed by atoms with Gasteiger partial charge in [-0.15, -0.1) is 0 Å². The maximum atomic E-state index is 14.8. The van der Waals surface area contributed by atoms with Crippen LogP contribution in [-0.4, -0.2) is 46.9 Å². The minimum atomic E-state index is -4.57. The highest BCUT2D eigenvalue weighted by molar-refractivity contribution is 6.31. The van der Waals surface area contributed by atoms with Crippen LogP contribution in [0.5, 0.6) is 0 Å². The molecule has 32 heavy (non-hydrogen) atoms. The third kappa shape index (κ3) is 4.68. The number of hydrogen-bond acceptors (Lipinski definition) is 3. The molecular formula is C20H15ClF6N2O3. The van der Waals surface area contributed by atoms with Gasteiger partial charge < -0.3 is 15.3 Å². The summed E-state index contributed by atoms with van der Waals surface area (Å²) in [4.78, 5) is 24.7. The van der Waals surface area contributed by atoms with Gasteiger partial charge in [0.15, 0.2) is 0 Å². The van der Waals surface area contributed by atoms with Crippen LogP contribution < -0.4 is 5.32 Å². The van der Waals surface area contributed by atoms with Crippen LogP contribution in [0.2, 0.25) is 5.02 Å². The van der Waals surface area contributed by atoms with Gasteiger partial charge in [0.25, 0.3) is 17.7 Å². The fourth-order valence-electron chi connectivity index (χ4n) is 3.10. The third-order valence-electron chi connectivity index (χ3n) is 4.86. The molecule has 172 valence electrons. The summed E-state index contributed by atoms with van der Waals surface area (Å²) >= 11 is 5.60. The first-order valence-electron chi connectivity index (χ1n) is 9.12. The number of aliphatic hydroxyl groups is 1. The molecule has 2 amide bonds. The molecule has 1 heterocycles. The summed E-state index contributed by atoms with van der Waals surface area (Å²) in [7, 11) is 0. The monoisotopic (exact) mass is 480 g/mol. The van der Waals surface area contributed by atoms with E-state index in [1.165, 1.54) is 0 Å². The Morgan fingerprint density at radius 2 is 1.78 bits per heavy atom. The number of aliphatic hydroxyl groups excluding tert-OH is 1. The van der Waals surface area contributed by atoms with E-state index in [0.717, 1.165) is 24.3 Å². The van der Waals surface area contributed by atoms with Crippen LogP contribution in [-0.2, 0) is 10.7 Å². The van der Waals surface area contributed by atoms with Gasteiger partial charge in [0.05, 0.1) is 17.1 Å². The zero-order valence-electron chi connectivity index (χ0n) is 16.0. The SMILES string of the molecule is O=C(Nc1ccc(F)c(Cl)c1)c1ccc(F)c(C(F)(F)C(=O)N2CCC(O)C(F)(F)C2)c1. The number of benzene rings is 2. The van der Waals surface area contributed by atoms with Gasteiger partial charge in [-0.3, -0.25) is 9.59 Å². The van der Waals surface area contributed by atoms with Crippen molar-refractivity contribution in [2.45, 2.75) is 24.4 Å². The van der Waals surface area contributed by atoms with Gasteiger partial charge in [0.2, 0.25) is 0 Å². The van der Waals surface area contributed by atoms with Crippen molar-refractivity contribution in [1.82, 2.24) is 4.90 Å². The molecule has 12 heteroatoms. The molecule has 1 fully saturated rings. The van der Waals surface area contributed by atoms with E-state index in [4.69, 9.17) is 11.6 Å². The number of amides is 2. The molecule has 0 saturated carbocycles. The average molecular weight is 481 g/mol. The first-order valence-corrected chi connectivity index (χ1v) is 9.50. The van der Waals surface area contributed by atoms with Crippen molar-refractivity contribution in [2.24, 2.45) is 0 Å². The predicted molar refractivity (Wildman–Crippen MR) is 102 cm³/mol. The Bertz CT molecular complexity index is 1070. The summed E-state index contributed by atoms with van der Waals surface area (Å²) in [5, 5.41) is 11.2. The number of piperidine rings is 1. The van der Waals surface area contributed by atoms with Crippen LogP contribution in [0, 0.1) is 11.6 Å². The van der Waals surface area contributed by atoms with Crippen molar-refractivity contribution in [1.29, 1.82) is 0 Å². The second-order valence-electron chi connectivity index (χ2n) is 7.14. The number of hydrogen-bond donors (Lipinski definition) is 2. The molecule has 1 atom stereocenters. The number of alkyl halides is 4. The van der Waals surface area contributed by atoms with E-state index in [9.17, 15) is 41.0 Å². The third-order valence-corrected chi connectivity index (χ3v) is 5.15. The van der Waals surface area contributed by atoms with Crippen LogP contribution in [0.25, 0.3) is 0 Å². The van der Waals surface area contributed by atoms with Crippen molar-refractivity contribution in [2.75, 3.05) is 18.4 Å². The number of carbonyl (C=O) groups is 2. The molecule has 1 aliphatic rings. The summed E-state index contributed by atoms with van der Waals surface area (Å²) in [6, 6.07) is 4.97. The van der Waals surface area contributed by atoms with Gasteiger partial charge in [-0.2, -0.15) is 8.78 Å². The van der Waals surface area contributed by atoms with Gasteiger partial charge >= 0.3 is 5.92 Å². The number of likely N-dealkylation sites (tertiary alicyclic amines) is 1. The lowest BCUT2D eigenvalue weighted by molar-refractivity contribution is -0.183. The van der Waals surface area contributed by atoms with E-state index in [0.29, 0.717) is 12.1 Å². The van der Waals surface area contributed by atoms with Gasteiger partial charge in [-0.1, -0.05) is 11.6 Å². The topological polar surface area (TPSA) is 69.6 Å². The van der Waals surface area contributed by atoms with Crippen LogP contribution >= 0.6 is 11.6 Å². The highest BCUT2D eigenvalue weighted by Crippen LogP contribution is 2.36. The molecule has 5 nitrogen and oxygen atoms in total. The maximum Gasteiger partial charge on any atom is 0.352 e. The summed E-state index contributed by atoms with van der Waals surface area (Å²) < 4.78 is 84.3. The molecule has 1 saturated heterocycles. The second-order valence-corrected chi connectivity index (χ2v) is 7.55. The largest absolute Gasteiger partial charge is 0.387 e. The Balaban J connectivity index is 1.85. The number of nitrogens with one attached hydrogen (secondary N) is 1. The lowest BCUT2D eigenvalue weighted by Gasteiger charge is -2.37. The summed E-state index contributed by atoms with van der Waals surface area (Å²) in [6.07, 6.45) is -2.73. The number of halogens is 7. The Hall–Kier alpha value is -2.79. The lowest BCUT2D eigenvalue weighted by Crippen LogP contribution is -2.56. The second kappa shape index (κ2) is 8.62. The fraction of sp³-hybridized carbons (Fsp3) is 0.300. The first-order chi connectivity index (χ1) is 14.8. The minimum absolute atomic E-state index is 0.0178. The van der Waals surface area contributed by atoms with Crippen LogP contribution in [0.1, 0.15) is 22.3 Å². The minimum Gasteiger partial charge on any atom is -0.387 e. The van der Waals surface area contributed by atoms with Gasteiger partial charge in [0.1, 0.15) is 17.7 Å². The zero-order chi connectivity index (χ0) is 23.8. The molecule has 3 rings (SSSR count). The van der Waals surface area contributed by atoms with Gasteiger partial charge in [-0.05, 0) is 42.8 Å². The van der Waals surface area contributed by atoms with Gasteiger partial charge in [-0.25, -0.2) is 17.6 Å². The van der Waals surface area contributed by atoms with Crippen molar-refractivity contribution in [3.63, 3.8) is 0 Å². The van der Waals surface area contributed by atoms with E-state index >= 15 is 0 Å². The summed E-state index contributed by atoms with van der Waals surface area (Å²) in [5.74, 6) is -13.8. The Morgan fingerprint density at radius 3 is 2.41 bits per heavy atom. The van der Waals surface area contributed by atoms with Crippen molar-refractivity contribution >= 4 is 29.1 Å². The van der Waals surface area contributed by atoms with Gasteiger partial charge in [0, 0.05) is 17.8 Å². The number of anilines is 1. The number of nitrogens with zero attached hydrogens (tertiary/aromatic N) is 1. The molecule has 0 spiro atoms. The van der Waals surface area contributed by atoms with E-state index in [1.54, 1.807) is 0 Å². The molecule has 2 aromatic carbocycles. The van der Waals surface area contributed by atoms with E-state index in [-0.39, 0.29) is 15.6 Å². The molecule has 0 aromatic heterocycles. The van der Waals surface area contributed by atoms with Crippen molar-refractivity contribution < 1.29 is 41.0 Å². The molecule has 2 N–H and O–H groups in total. The van der Waals surface area contributed by atoms with Crippen LogP contribution in [0.3, 0.4) is 0 Å². The summed E-state index contributed by atoms with van der Waals surface area (Å²) in [5.41, 5.74) is -1.94.